The molecule has 0 spiro atoms. The fourth-order valence-corrected chi connectivity index (χ4v) is 3.36. The number of hydrogen-bond donors (Lipinski definition) is 1. The van der Waals surface area contributed by atoms with Crippen molar-refractivity contribution in [3.63, 3.8) is 0 Å². The first-order valence-electron chi connectivity index (χ1n) is 7.59. The lowest BCUT2D eigenvalue weighted by atomic mass is 10.1. The van der Waals surface area contributed by atoms with Crippen molar-refractivity contribution in [3.05, 3.63) is 71.4 Å². The van der Waals surface area contributed by atoms with Gasteiger partial charge in [0, 0.05) is 12.7 Å². The van der Waals surface area contributed by atoms with Gasteiger partial charge >= 0.3 is 0 Å². The molecule has 5 heteroatoms. The van der Waals surface area contributed by atoms with Crippen LogP contribution in [-0.4, -0.2) is 18.0 Å². The molecule has 0 aliphatic carbocycles. The molecule has 24 heavy (non-hydrogen) atoms. The predicted molar refractivity (Wildman–Crippen MR) is 97.4 cm³/mol. The molecule has 1 aromatic heterocycles. The number of ether oxygens (including phenoxy) is 1. The first-order chi connectivity index (χ1) is 11.7. The van der Waals surface area contributed by atoms with Gasteiger partial charge in [0.2, 0.25) is 0 Å². The number of methoxy groups -OCH3 is 1. The fraction of sp³-hybridized carbons (Fsp3) is 0.158. The van der Waals surface area contributed by atoms with Gasteiger partial charge in [-0.05, 0) is 30.2 Å². The maximum absolute atomic E-state index is 12.4. The van der Waals surface area contributed by atoms with Crippen LogP contribution in [0.15, 0.2) is 54.6 Å². The second kappa shape index (κ2) is 7.38. The summed E-state index contributed by atoms with van der Waals surface area (Å²) in [5.74, 6) is -0.160. The Balaban J connectivity index is 1.75. The van der Waals surface area contributed by atoms with E-state index >= 15 is 0 Å². The van der Waals surface area contributed by atoms with Crippen LogP contribution in [0.4, 0.5) is 5.13 Å². The van der Waals surface area contributed by atoms with E-state index in [9.17, 15) is 4.79 Å². The monoisotopic (exact) mass is 338 g/mol. The number of benzene rings is 2. The first kappa shape index (κ1) is 16.4. The van der Waals surface area contributed by atoms with Crippen molar-refractivity contribution in [2.45, 2.75) is 13.5 Å². The molecule has 3 rings (SSSR count). The number of aromatic nitrogens is 1. The van der Waals surface area contributed by atoms with E-state index in [2.05, 4.69) is 10.3 Å². The molecule has 0 aliphatic rings. The van der Waals surface area contributed by atoms with E-state index in [1.54, 1.807) is 19.2 Å². The van der Waals surface area contributed by atoms with Gasteiger partial charge in [-0.15, -0.1) is 0 Å². The molecule has 1 N–H and O–H groups in total. The third-order valence-corrected chi connectivity index (χ3v) is 4.70. The van der Waals surface area contributed by atoms with Crippen molar-refractivity contribution in [3.8, 4) is 10.4 Å². The van der Waals surface area contributed by atoms with Crippen molar-refractivity contribution in [2.75, 3.05) is 12.4 Å². The number of amides is 1. The minimum absolute atomic E-state index is 0.160. The molecule has 0 saturated carbocycles. The standard InChI is InChI=1S/C19H18N2O2S/c1-13-17(15-6-4-3-5-7-15)24-19(20-13)21-18(22)16-10-8-14(9-11-16)12-23-2/h3-11H,12H2,1-2H3,(H,20,21,22). The number of carbonyl (C=O) groups is 1. The van der Waals surface area contributed by atoms with E-state index in [1.165, 1.54) is 11.3 Å². The zero-order chi connectivity index (χ0) is 16.9. The lowest BCUT2D eigenvalue weighted by Gasteiger charge is -2.03. The number of hydrogen-bond acceptors (Lipinski definition) is 4. The van der Waals surface area contributed by atoms with Crippen molar-refractivity contribution in [1.82, 2.24) is 4.98 Å². The molecule has 0 saturated heterocycles. The molecule has 1 amide bonds. The second-order valence-electron chi connectivity index (χ2n) is 5.38. The average molecular weight is 338 g/mol. The van der Waals surface area contributed by atoms with Crippen molar-refractivity contribution < 1.29 is 9.53 Å². The third-order valence-electron chi connectivity index (χ3n) is 3.58. The highest BCUT2D eigenvalue weighted by molar-refractivity contribution is 7.19. The van der Waals surface area contributed by atoms with E-state index < -0.39 is 0 Å². The van der Waals surface area contributed by atoms with E-state index in [4.69, 9.17) is 4.74 Å². The number of nitrogens with zero attached hydrogens (tertiary/aromatic N) is 1. The van der Waals surface area contributed by atoms with Gasteiger partial charge in [0.15, 0.2) is 5.13 Å². The Kier molecular flexibility index (Phi) is 5.03. The summed E-state index contributed by atoms with van der Waals surface area (Å²) in [5, 5.41) is 3.49. The molecule has 0 bridgehead atoms. The van der Waals surface area contributed by atoms with Gasteiger partial charge in [0.05, 0.1) is 17.2 Å². The van der Waals surface area contributed by atoms with Crippen LogP contribution in [0, 0.1) is 6.92 Å². The molecule has 1 heterocycles. The van der Waals surface area contributed by atoms with Gasteiger partial charge in [-0.1, -0.05) is 53.8 Å². The molecule has 3 aromatic rings. The highest BCUT2D eigenvalue weighted by Crippen LogP contribution is 2.32. The third kappa shape index (κ3) is 3.69. The molecule has 0 fully saturated rings. The zero-order valence-electron chi connectivity index (χ0n) is 13.6. The summed E-state index contributed by atoms with van der Waals surface area (Å²) in [4.78, 5) is 17.9. The smallest absolute Gasteiger partial charge is 0.257 e. The summed E-state index contributed by atoms with van der Waals surface area (Å²) < 4.78 is 5.07. The Hall–Kier alpha value is -2.50. The van der Waals surface area contributed by atoms with Crippen LogP contribution in [0.1, 0.15) is 21.6 Å². The molecule has 0 atom stereocenters. The van der Waals surface area contributed by atoms with Crippen LogP contribution in [-0.2, 0) is 11.3 Å². The summed E-state index contributed by atoms with van der Waals surface area (Å²) in [7, 11) is 1.65. The molecule has 0 radical (unpaired) electrons. The SMILES string of the molecule is COCc1ccc(C(=O)Nc2nc(C)c(-c3ccccc3)s2)cc1. The average Bonchev–Trinajstić information content (AvgIpc) is 2.97. The molecular weight excluding hydrogens is 320 g/mol. The van der Waals surface area contributed by atoms with Crippen LogP contribution in [0.25, 0.3) is 10.4 Å². The number of nitrogens with one attached hydrogen (secondary N) is 1. The minimum Gasteiger partial charge on any atom is -0.380 e. The van der Waals surface area contributed by atoms with E-state index in [1.807, 2.05) is 49.4 Å². The van der Waals surface area contributed by atoms with Gasteiger partial charge in [-0.2, -0.15) is 0 Å². The Morgan fingerprint density at radius 1 is 1.12 bits per heavy atom. The first-order valence-corrected chi connectivity index (χ1v) is 8.41. The van der Waals surface area contributed by atoms with Crippen molar-refractivity contribution in [2.24, 2.45) is 0 Å². The maximum atomic E-state index is 12.4. The van der Waals surface area contributed by atoms with Crippen molar-refractivity contribution in [1.29, 1.82) is 0 Å². The summed E-state index contributed by atoms with van der Waals surface area (Å²) in [6, 6.07) is 17.4. The lowest BCUT2D eigenvalue weighted by Crippen LogP contribution is -2.11. The Morgan fingerprint density at radius 2 is 1.83 bits per heavy atom. The normalized spacial score (nSPS) is 10.6. The highest BCUT2D eigenvalue weighted by Gasteiger charge is 2.13. The van der Waals surface area contributed by atoms with Gasteiger partial charge in [0.25, 0.3) is 5.91 Å². The Bertz CT molecular complexity index is 826. The van der Waals surface area contributed by atoms with Gasteiger partial charge in [-0.3, -0.25) is 10.1 Å². The summed E-state index contributed by atoms with van der Waals surface area (Å²) in [5.41, 5.74) is 3.66. The zero-order valence-corrected chi connectivity index (χ0v) is 14.4. The molecule has 122 valence electrons. The van der Waals surface area contributed by atoms with E-state index in [0.29, 0.717) is 17.3 Å². The number of aryl methyl sites for hydroxylation is 1. The number of rotatable bonds is 5. The predicted octanol–water partition coefficient (Wildman–Crippen LogP) is 4.52. The highest BCUT2D eigenvalue weighted by atomic mass is 32.1. The van der Waals surface area contributed by atoms with E-state index in [-0.39, 0.29) is 5.91 Å². The largest absolute Gasteiger partial charge is 0.380 e. The molecule has 0 unspecified atom stereocenters. The molecular formula is C19H18N2O2S. The number of anilines is 1. The molecule has 0 aliphatic heterocycles. The van der Waals surface area contributed by atoms with Crippen LogP contribution in [0.2, 0.25) is 0 Å². The van der Waals surface area contributed by atoms with E-state index in [0.717, 1.165) is 21.7 Å². The topological polar surface area (TPSA) is 51.2 Å². The summed E-state index contributed by atoms with van der Waals surface area (Å²) >= 11 is 1.48. The maximum Gasteiger partial charge on any atom is 0.257 e. The molecule has 2 aromatic carbocycles. The second-order valence-corrected chi connectivity index (χ2v) is 6.38. The van der Waals surface area contributed by atoms with Gasteiger partial charge in [0.1, 0.15) is 0 Å². The van der Waals surface area contributed by atoms with Gasteiger partial charge < -0.3 is 4.74 Å². The summed E-state index contributed by atoms with van der Waals surface area (Å²) in [6.45, 7) is 2.49. The van der Waals surface area contributed by atoms with Crippen LogP contribution in [0.3, 0.4) is 0 Å². The van der Waals surface area contributed by atoms with Gasteiger partial charge in [-0.25, -0.2) is 4.98 Å². The van der Waals surface area contributed by atoms with Crippen molar-refractivity contribution >= 4 is 22.4 Å². The van der Waals surface area contributed by atoms with Crippen LogP contribution in [0.5, 0.6) is 0 Å². The quantitative estimate of drug-likeness (QED) is 0.744. The lowest BCUT2D eigenvalue weighted by molar-refractivity contribution is 0.102. The fourth-order valence-electron chi connectivity index (χ4n) is 2.40. The number of thiazole rings is 1. The number of carbonyl (C=O) groups excluding carboxylic acids is 1. The minimum atomic E-state index is -0.160. The van der Waals surface area contributed by atoms with Crippen LogP contribution < -0.4 is 5.32 Å². The molecule has 4 nitrogen and oxygen atoms in total. The summed E-state index contributed by atoms with van der Waals surface area (Å²) in [6.07, 6.45) is 0. The Labute approximate surface area is 145 Å². The van der Waals surface area contributed by atoms with Crippen LogP contribution >= 0.6 is 11.3 Å². The Morgan fingerprint density at radius 3 is 2.50 bits per heavy atom.